The number of carboxylic acids is 1. The quantitative estimate of drug-likeness (QED) is 0.805. The Kier molecular flexibility index (Phi) is 5.90. The lowest BCUT2D eigenvalue weighted by Crippen LogP contribution is -2.48. The Morgan fingerprint density at radius 3 is 2.33 bits per heavy atom. The van der Waals surface area contributed by atoms with E-state index in [-0.39, 0.29) is 12.5 Å². The Morgan fingerprint density at radius 1 is 1.29 bits per heavy atom. The number of rotatable bonds is 7. The number of nitrogens with two attached hydrogens (primary N) is 1. The number of hydrogen-bond donors (Lipinski definition) is 2. The van der Waals surface area contributed by atoms with Crippen molar-refractivity contribution in [2.75, 3.05) is 13.1 Å². The number of carbonyl (C=O) groups is 2. The summed E-state index contributed by atoms with van der Waals surface area (Å²) in [5.74, 6) is -1.25. The predicted octanol–water partition coefficient (Wildman–Crippen LogP) is 2.04. The maximum absolute atomic E-state index is 12.7. The Bertz CT molecular complexity index is 486. The van der Waals surface area contributed by atoms with Gasteiger partial charge in [-0.05, 0) is 25.8 Å². The van der Waals surface area contributed by atoms with E-state index in [9.17, 15) is 9.59 Å². The highest BCUT2D eigenvalue weighted by Gasteiger charge is 2.38. The first kappa shape index (κ1) is 17.2. The summed E-state index contributed by atoms with van der Waals surface area (Å²) in [7, 11) is 0. The van der Waals surface area contributed by atoms with Crippen molar-refractivity contribution in [2.24, 2.45) is 11.1 Å². The number of carbonyl (C=O) groups excluding carboxylic acids is 1. The second kappa shape index (κ2) is 7.22. The lowest BCUT2D eigenvalue weighted by molar-refractivity contribution is -0.149. The van der Waals surface area contributed by atoms with Crippen LogP contribution in [0.25, 0.3) is 0 Å². The van der Waals surface area contributed by atoms with Gasteiger partial charge in [0.15, 0.2) is 0 Å². The van der Waals surface area contributed by atoms with E-state index in [2.05, 4.69) is 0 Å². The molecule has 116 valence electrons. The van der Waals surface area contributed by atoms with Gasteiger partial charge in [-0.25, -0.2) is 0 Å². The Balaban J connectivity index is 2.97. The van der Waals surface area contributed by atoms with Crippen molar-refractivity contribution in [3.05, 3.63) is 35.9 Å². The Hall–Kier alpha value is -1.88. The van der Waals surface area contributed by atoms with Gasteiger partial charge < -0.3 is 15.7 Å². The van der Waals surface area contributed by atoms with Gasteiger partial charge in [-0.3, -0.25) is 9.59 Å². The van der Waals surface area contributed by atoms with Gasteiger partial charge in [-0.1, -0.05) is 37.3 Å². The zero-order valence-electron chi connectivity index (χ0n) is 12.9. The minimum absolute atomic E-state index is 0.233. The van der Waals surface area contributed by atoms with Crippen molar-refractivity contribution >= 4 is 11.9 Å². The van der Waals surface area contributed by atoms with Gasteiger partial charge in [0.1, 0.15) is 6.54 Å². The van der Waals surface area contributed by atoms with Crippen molar-refractivity contribution < 1.29 is 14.7 Å². The van der Waals surface area contributed by atoms with Crippen molar-refractivity contribution in [1.29, 1.82) is 0 Å². The molecule has 1 aromatic carbocycles. The van der Waals surface area contributed by atoms with Crippen LogP contribution in [0, 0.1) is 5.41 Å². The maximum atomic E-state index is 12.7. The van der Waals surface area contributed by atoms with E-state index in [1.54, 1.807) is 13.8 Å². The van der Waals surface area contributed by atoms with Gasteiger partial charge in [0.05, 0.1) is 5.41 Å². The molecule has 1 atom stereocenters. The molecule has 3 N–H and O–H groups in total. The van der Waals surface area contributed by atoms with Gasteiger partial charge in [-0.15, -0.1) is 0 Å². The molecule has 0 saturated heterocycles. The average molecular weight is 292 g/mol. The van der Waals surface area contributed by atoms with Crippen LogP contribution in [0.1, 0.15) is 38.8 Å². The molecule has 0 radical (unpaired) electrons. The molecule has 5 nitrogen and oxygen atoms in total. The summed E-state index contributed by atoms with van der Waals surface area (Å²) in [5.41, 5.74) is 6.24. The van der Waals surface area contributed by atoms with E-state index in [1.165, 1.54) is 4.90 Å². The minimum atomic E-state index is -1.01. The van der Waals surface area contributed by atoms with Crippen LogP contribution in [0.15, 0.2) is 30.3 Å². The summed E-state index contributed by atoms with van der Waals surface area (Å²) in [6, 6.07) is 8.90. The summed E-state index contributed by atoms with van der Waals surface area (Å²) in [6.45, 7) is 5.55. The number of benzene rings is 1. The zero-order chi connectivity index (χ0) is 16.0. The molecule has 1 rings (SSSR count). The van der Waals surface area contributed by atoms with Gasteiger partial charge in [-0.2, -0.15) is 0 Å². The molecule has 1 unspecified atom stereocenters. The molecule has 21 heavy (non-hydrogen) atoms. The highest BCUT2D eigenvalue weighted by Crippen LogP contribution is 2.33. The fraction of sp³-hybridized carbons (Fsp3) is 0.500. The van der Waals surface area contributed by atoms with Crippen LogP contribution in [0.5, 0.6) is 0 Å². The molecule has 0 saturated carbocycles. The Labute approximate surface area is 125 Å². The van der Waals surface area contributed by atoms with Gasteiger partial charge in [0, 0.05) is 12.6 Å². The van der Waals surface area contributed by atoms with Gasteiger partial charge in [0.2, 0.25) is 5.91 Å². The van der Waals surface area contributed by atoms with E-state index in [1.807, 2.05) is 37.3 Å². The minimum Gasteiger partial charge on any atom is -0.480 e. The summed E-state index contributed by atoms with van der Waals surface area (Å²) >= 11 is 0. The van der Waals surface area contributed by atoms with Crippen molar-refractivity contribution in [1.82, 2.24) is 4.90 Å². The fourth-order valence-electron chi connectivity index (χ4n) is 2.30. The van der Waals surface area contributed by atoms with E-state index in [4.69, 9.17) is 10.8 Å². The second-order valence-corrected chi connectivity index (χ2v) is 5.73. The predicted molar refractivity (Wildman–Crippen MR) is 81.7 cm³/mol. The number of hydrogen-bond acceptors (Lipinski definition) is 3. The van der Waals surface area contributed by atoms with Gasteiger partial charge in [0.25, 0.3) is 0 Å². The number of aliphatic carboxylic acids is 1. The van der Waals surface area contributed by atoms with Crippen LogP contribution in [0.4, 0.5) is 0 Å². The molecule has 0 bridgehead atoms. The number of carboxylic acid groups (broad SMARTS) is 1. The molecule has 5 heteroatoms. The van der Waals surface area contributed by atoms with Crippen LogP contribution in [0.2, 0.25) is 0 Å². The highest BCUT2D eigenvalue weighted by molar-refractivity contribution is 5.86. The highest BCUT2D eigenvalue weighted by atomic mass is 16.4. The Morgan fingerprint density at radius 2 is 1.86 bits per heavy atom. The summed E-state index contributed by atoms with van der Waals surface area (Å²) < 4.78 is 0. The molecule has 0 spiro atoms. The van der Waals surface area contributed by atoms with Crippen LogP contribution in [-0.4, -0.2) is 35.0 Å². The van der Waals surface area contributed by atoms with Crippen molar-refractivity contribution in [3.63, 3.8) is 0 Å². The first-order valence-electron chi connectivity index (χ1n) is 7.12. The third-order valence-electron chi connectivity index (χ3n) is 3.59. The van der Waals surface area contributed by atoms with Crippen molar-refractivity contribution in [2.45, 2.75) is 33.2 Å². The third-order valence-corrected chi connectivity index (χ3v) is 3.59. The molecule has 0 aliphatic rings. The average Bonchev–Trinajstić information content (AvgIpc) is 2.45. The normalized spacial score (nSPS) is 12.8. The molecular formula is C16H24N2O3. The molecule has 0 aliphatic carbocycles. The molecule has 0 aromatic heterocycles. The van der Waals surface area contributed by atoms with Crippen molar-refractivity contribution in [3.8, 4) is 0 Å². The smallest absolute Gasteiger partial charge is 0.323 e. The third kappa shape index (κ3) is 4.29. The SMILES string of the molecule is CCCN(CC(=O)O)C(=O)C(C)(C)C(N)c1ccccc1. The molecule has 1 amide bonds. The standard InChI is InChI=1S/C16H24N2O3/c1-4-10-18(11-13(19)20)15(21)16(2,3)14(17)12-8-6-5-7-9-12/h5-9,14H,4,10-11,17H2,1-3H3,(H,19,20). The largest absolute Gasteiger partial charge is 0.480 e. The lowest BCUT2D eigenvalue weighted by atomic mass is 9.79. The number of nitrogens with zero attached hydrogens (tertiary/aromatic N) is 1. The molecule has 0 fully saturated rings. The summed E-state index contributed by atoms with van der Waals surface area (Å²) in [6.07, 6.45) is 0.704. The molecule has 0 heterocycles. The lowest BCUT2D eigenvalue weighted by Gasteiger charge is -2.35. The molecular weight excluding hydrogens is 268 g/mol. The monoisotopic (exact) mass is 292 g/mol. The first-order valence-corrected chi connectivity index (χ1v) is 7.12. The van der Waals surface area contributed by atoms with Crippen LogP contribution in [0.3, 0.4) is 0 Å². The van der Waals surface area contributed by atoms with Crippen LogP contribution >= 0.6 is 0 Å². The first-order chi connectivity index (χ1) is 9.80. The van der Waals surface area contributed by atoms with Crippen LogP contribution in [-0.2, 0) is 9.59 Å². The maximum Gasteiger partial charge on any atom is 0.323 e. The topological polar surface area (TPSA) is 83.6 Å². The second-order valence-electron chi connectivity index (χ2n) is 5.73. The zero-order valence-corrected chi connectivity index (χ0v) is 12.9. The summed E-state index contributed by atoms with van der Waals surface area (Å²) in [5, 5.41) is 8.96. The van der Waals surface area contributed by atoms with E-state index < -0.39 is 17.4 Å². The molecule has 1 aromatic rings. The van der Waals surface area contributed by atoms with Gasteiger partial charge >= 0.3 is 5.97 Å². The number of amides is 1. The fourth-order valence-corrected chi connectivity index (χ4v) is 2.30. The summed E-state index contributed by atoms with van der Waals surface area (Å²) in [4.78, 5) is 25.0. The van der Waals surface area contributed by atoms with E-state index in [0.717, 1.165) is 5.56 Å². The van der Waals surface area contributed by atoms with E-state index >= 15 is 0 Å². The molecule has 0 aliphatic heterocycles. The van der Waals surface area contributed by atoms with E-state index in [0.29, 0.717) is 13.0 Å². The van der Waals surface area contributed by atoms with Crippen LogP contribution < -0.4 is 5.73 Å².